The predicted molar refractivity (Wildman–Crippen MR) is 153 cm³/mol. The van der Waals surface area contributed by atoms with E-state index in [0.717, 1.165) is 0 Å². The molecule has 0 unspecified atom stereocenters. The number of thiol groups is 2. The summed E-state index contributed by atoms with van der Waals surface area (Å²) < 4.78 is 0. The van der Waals surface area contributed by atoms with Crippen molar-refractivity contribution in [3.05, 3.63) is 0 Å². The smallest absolute Gasteiger partial charge is 0.327 e. The van der Waals surface area contributed by atoms with Crippen LogP contribution in [0.25, 0.3) is 0 Å². The number of nitrogens with two attached hydrogens (primary N) is 3. The summed E-state index contributed by atoms with van der Waals surface area (Å²) in [7, 11) is 0. The van der Waals surface area contributed by atoms with Gasteiger partial charge in [-0.25, -0.2) is 4.79 Å². The number of aliphatic carboxylic acids is 2. The van der Waals surface area contributed by atoms with Crippen LogP contribution in [-0.2, 0) is 33.6 Å². The van der Waals surface area contributed by atoms with Gasteiger partial charge in [0.2, 0.25) is 29.5 Å². The second-order valence-electron chi connectivity index (χ2n) is 8.56. The fourth-order valence-electron chi connectivity index (χ4n) is 2.98. The average molecular weight is 640 g/mol. The van der Waals surface area contributed by atoms with Crippen LogP contribution >= 0.6 is 25.3 Å². The van der Waals surface area contributed by atoms with E-state index in [1.54, 1.807) is 0 Å². The zero-order chi connectivity index (χ0) is 32.4. The van der Waals surface area contributed by atoms with Crippen molar-refractivity contribution in [2.24, 2.45) is 22.2 Å². The molecule has 0 bridgehead atoms. The molecule has 0 aliphatic heterocycles. The van der Waals surface area contributed by atoms with Gasteiger partial charge in [-0.05, 0) is 12.8 Å². The zero-order valence-corrected chi connectivity index (χ0v) is 24.1. The molecule has 42 heavy (non-hydrogen) atoms. The van der Waals surface area contributed by atoms with Crippen molar-refractivity contribution >= 4 is 72.7 Å². The Bertz CT molecular complexity index is 1010. The lowest BCUT2D eigenvalue weighted by molar-refractivity contribution is -0.143. The van der Waals surface area contributed by atoms with Crippen LogP contribution in [0.3, 0.4) is 0 Å². The Hall–Kier alpha value is -3.82. The van der Waals surface area contributed by atoms with Gasteiger partial charge in [-0.15, -0.1) is 0 Å². The third kappa shape index (κ3) is 15.3. The van der Waals surface area contributed by atoms with E-state index in [2.05, 4.69) is 46.2 Å². The van der Waals surface area contributed by atoms with Crippen molar-refractivity contribution in [3.8, 4) is 0 Å². The van der Waals surface area contributed by atoms with Crippen LogP contribution in [0.4, 0.5) is 0 Å². The standard InChI is InChI=1S/C21H37N9O10S2/c22-9(7-41)16(35)28-10(2-1-3-25-21(23)24)17(36)26-5-14(32)27-11(4-15(33)34)18(37)29-12(6-31)19(38)30-13(8-42)20(39)40/h9-13,31,41-42H,1-8,22H2,(H,26,36)(H,27,32)(H,28,35)(H,29,37)(H,30,38)(H,33,34)(H,39,40)(H4,23,24,25)/t9-,10-,11-,12-,13-/m0/s1. The largest absolute Gasteiger partial charge is 0.481 e. The molecule has 21 heteroatoms. The molecule has 0 aliphatic rings. The predicted octanol–water partition coefficient (Wildman–Crippen LogP) is -6.17. The molecule has 0 saturated heterocycles. The number of aliphatic hydroxyl groups is 1. The molecule has 238 valence electrons. The van der Waals surface area contributed by atoms with E-state index in [0.29, 0.717) is 0 Å². The number of aliphatic imine (C=N–C) groups is 1. The molecule has 0 aliphatic carbocycles. The van der Waals surface area contributed by atoms with Crippen molar-refractivity contribution in [2.75, 3.05) is 31.2 Å². The second-order valence-corrected chi connectivity index (χ2v) is 9.29. The normalized spacial score (nSPS) is 14.1. The molecular weight excluding hydrogens is 602 g/mol. The third-order valence-corrected chi connectivity index (χ3v) is 5.94. The summed E-state index contributed by atoms with van der Waals surface area (Å²) in [5.74, 6) is -8.29. The van der Waals surface area contributed by atoms with Gasteiger partial charge in [-0.3, -0.25) is 33.8 Å². The lowest BCUT2D eigenvalue weighted by Gasteiger charge is -2.23. The summed E-state index contributed by atoms with van der Waals surface area (Å²) in [6, 6.07) is -7.10. The molecule has 14 N–H and O–H groups in total. The highest BCUT2D eigenvalue weighted by Gasteiger charge is 2.30. The molecule has 5 amide bonds. The summed E-state index contributed by atoms with van der Waals surface area (Å²) in [5.41, 5.74) is 16.1. The van der Waals surface area contributed by atoms with Gasteiger partial charge >= 0.3 is 11.9 Å². The molecule has 5 atom stereocenters. The van der Waals surface area contributed by atoms with E-state index in [1.165, 1.54) is 0 Å². The Balaban J connectivity index is 5.37. The van der Waals surface area contributed by atoms with Gasteiger partial charge in [0.1, 0.15) is 24.2 Å². The van der Waals surface area contributed by atoms with E-state index >= 15 is 0 Å². The van der Waals surface area contributed by atoms with E-state index in [1.807, 2.05) is 10.6 Å². The number of aliphatic hydroxyl groups excluding tert-OH is 1. The first-order chi connectivity index (χ1) is 19.7. The lowest BCUT2D eigenvalue weighted by atomic mass is 10.1. The molecule has 0 aromatic rings. The highest BCUT2D eigenvalue weighted by Crippen LogP contribution is 2.01. The number of amides is 5. The first kappa shape index (κ1) is 38.2. The minimum atomic E-state index is -1.77. The first-order valence-electron chi connectivity index (χ1n) is 12.2. The van der Waals surface area contributed by atoms with E-state index in [9.17, 15) is 38.7 Å². The minimum absolute atomic E-state index is 0.0161. The summed E-state index contributed by atoms with van der Waals surface area (Å²) in [6.07, 6.45) is -0.662. The van der Waals surface area contributed by atoms with E-state index < -0.39 is 91.3 Å². The molecule has 0 rings (SSSR count). The van der Waals surface area contributed by atoms with Crippen LogP contribution in [0.15, 0.2) is 4.99 Å². The number of carboxylic acids is 2. The van der Waals surface area contributed by atoms with Gasteiger partial charge in [-0.1, -0.05) is 0 Å². The summed E-state index contributed by atoms with van der Waals surface area (Å²) in [5, 5.41) is 38.4. The fraction of sp³-hybridized carbons (Fsp3) is 0.619. The van der Waals surface area contributed by atoms with Gasteiger partial charge in [0, 0.05) is 18.1 Å². The Kier molecular flexibility index (Phi) is 18.3. The van der Waals surface area contributed by atoms with E-state index in [-0.39, 0.29) is 36.9 Å². The van der Waals surface area contributed by atoms with Crippen molar-refractivity contribution in [3.63, 3.8) is 0 Å². The maximum atomic E-state index is 12.7. The molecular formula is C21H37N9O10S2. The lowest BCUT2D eigenvalue weighted by Crippen LogP contribution is -2.58. The Morgan fingerprint density at radius 2 is 1.33 bits per heavy atom. The maximum Gasteiger partial charge on any atom is 0.327 e. The molecule has 0 radical (unpaired) electrons. The molecule has 0 spiro atoms. The molecule has 0 aromatic heterocycles. The Morgan fingerprint density at radius 3 is 1.83 bits per heavy atom. The highest BCUT2D eigenvalue weighted by molar-refractivity contribution is 7.80. The molecule has 0 aromatic carbocycles. The van der Waals surface area contributed by atoms with E-state index in [4.69, 9.17) is 27.4 Å². The number of nitrogens with zero attached hydrogens (tertiary/aromatic N) is 1. The van der Waals surface area contributed by atoms with Crippen molar-refractivity contribution < 1.29 is 48.9 Å². The van der Waals surface area contributed by atoms with Crippen LogP contribution in [0.5, 0.6) is 0 Å². The number of hydrogen-bond donors (Lipinski definition) is 13. The topological polar surface area (TPSA) is 331 Å². The van der Waals surface area contributed by atoms with Crippen molar-refractivity contribution in [1.82, 2.24) is 26.6 Å². The molecule has 0 saturated carbocycles. The number of rotatable bonds is 20. The van der Waals surface area contributed by atoms with Crippen molar-refractivity contribution in [2.45, 2.75) is 49.5 Å². The van der Waals surface area contributed by atoms with Gasteiger partial charge in [0.15, 0.2) is 5.96 Å². The number of carbonyl (C=O) groups is 7. The van der Waals surface area contributed by atoms with Crippen LogP contribution in [0.2, 0.25) is 0 Å². The second kappa shape index (κ2) is 20.1. The highest BCUT2D eigenvalue weighted by atomic mass is 32.1. The molecule has 0 fully saturated rings. The monoisotopic (exact) mass is 639 g/mol. The number of nitrogens with one attached hydrogen (secondary N) is 5. The molecule has 19 nitrogen and oxygen atoms in total. The number of guanidine groups is 1. The fourth-order valence-corrected chi connectivity index (χ4v) is 3.39. The Morgan fingerprint density at radius 1 is 0.762 bits per heavy atom. The SMILES string of the molecule is NC(N)=NCCC[C@H](NC(=O)[C@@H](N)CS)C(=O)NCC(=O)N[C@@H](CC(=O)O)C(=O)N[C@@H](CO)C(=O)N[C@@H](CS)C(=O)O. The van der Waals surface area contributed by atoms with Gasteiger partial charge < -0.3 is 59.1 Å². The van der Waals surface area contributed by atoms with Crippen molar-refractivity contribution in [1.29, 1.82) is 0 Å². The van der Waals surface area contributed by atoms with Crippen LogP contribution in [-0.4, -0.2) is 124 Å². The van der Waals surface area contributed by atoms with Gasteiger partial charge in [0.05, 0.1) is 25.6 Å². The zero-order valence-electron chi connectivity index (χ0n) is 22.3. The quantitative estimate of drug-likeness (QED) is 0.0255. The Labute approximate surface area is 251 Å². The first-order valence-corrected chi connectivity index (χ1v) is 13.5. The number of carbonyl (C=O) groups excluding carboxylic acids is 5. The van der Waals surface area contributed by atoms with Crippen LogP contribution in [0.1, 0.15) is 19.3 Å². The number of carboxylic acid groups (broad SMARTS) is 2. The third-order valence-electron chi connectivity index (χ3n) is 5.18. The summed E-state index contributed by atoms with van der Waals surface area (Å²) in [6.45, 7) is -1.62. The number of hydrogen-bond acceptors (Lipinski definition) is 12. The maximum absolute atomic E-state index is 12.7. The van der Waals surface area contributed by atoms with Gasteiger partial charge in [0.25, 0.3) is 0 Å². The van der Waals surface area contributed by atoms with Gasteiger partial charge in [-0.2, -0.15) is 25.3 Å². The minimum Gasteiger partial charge on any atom is -0.481 e. The average Bonchev–Trinajstić information content (AvgIpc) is 2.92. The van der Waals surface area contributed by atoms with Crippen LogP contribution < -0.4 is 43.8 Å². The summed E-state index contributed by atoms with van der Waals surface area (Å²) >= 11 is 7.70. The summed E-state index contributed by atoms with van der Waals surface area (Å²) in [4.78, 5) is 88.3. The van der Waals surface area contributed by atoms with Crippen LogP contribution in [0, 0.1) is 0 Å². The molecule has 0 heterocycles.